The van der Waals surface area contributed by atoms with Crippen LogP contribution in [0.25, 0.3) is 0 Å². The van der Waals surface area contributed by atoms with Crippen LogP contribution >= 0.6 is 23.2 Å². The van der Waals surface area contributed by atoms with Crippen LogP contribution in [0, 0.1) is 0 Å². The van der Waals surface area contributed by atoms with E-state index in [0.29, 0.717) is 22.1 Å². The van der Waals surface area contributed by atoms with Crippen LogP contribution < -0.4 is 5.43 Å². The Kier molecular flexibility index (Phi) is 4.24. The van der Waals surface area contributed by atoms with E-state index < -0.39 is 5.91 Å². The van der Waals surface area contributed by atoms with Crippen molar-refractivity contribution in [2.24, 2.45) is 5.10 Å². The molecule has 0 bridgehead atoms. The molecule has 1 aromatic heterocycles. The summed E-state index contributed by atoms with van der Waals surface area (Å²) in [6, 6.07) is 8.12. The summed E-state index contributed by atoms with van der Waals surface area (Å²) in [6.45, 7) is 1.72. The van der Waals surface area contributed by atoms with Crippen LogP contribution in [-0.2, 0) is 0 Å². The van der Waals surface area contributed by atoms with E-state index in [4.69, 9.17) is 27.6 Å². The van der Waals surface area contributed by atoms with Crippen LogP contribution in [0.15, 0.2) is 46.1 Å². The number of rotatable bonds is 3. The lowest BCUT2D eigenvalue weighted by Gasteiger charge is -2.03. The highest BCUT2D eigenvalue weighted by Gasteiger charge is 2.10. The minimum atomic E-state index is -0.410. The molecule has 19 heavy (non-hydrogen) atoms. The summed E-state index contributed by atoms with van der Waals surface area (Å²) >= 11 is 11.7. The number of benzene rings is 1. The second-order valence-electron chi connectivity index (χ2n) is 3.74. The predicted octanol–water partition coefficient (Wildman–Crippen LogP) is 3.74. The third-order valence-electron chi connectivity index (χ3n) is 2.38. The third-order valence-corrected chi connectivity index (χ3v) is 2.93. The van der Waals surface area contributed by atoms with E-state index in [9.17, 15) is 4.79 Å². The molecule has 2 rings (SSSR count). The Balaban J connectivity index is 2.11. The average Bonchev–Trinajstić information content (AvgIpc) is 2.89. The SMILES string of the molecule is C/C(=N/NC(=O)c1ccc(Cl)cc1Cl)c1ccco1. The summed E-state index contributed by atoms with van der Waals surface area (Å²) in [4.78, 5) is 11.9. The Labute approximate surface area is 120 Å². The lowest BCUT2D eigenvalue weighted by atomic mass is 10.2. The summed E-state index contributed by atoms with van der Waals surface area (Å²) in [6.07, 6.45) is 1.53. The van der Waals surface area contributed by atoms with Gasteiger partial charge in [0, 0.05) is 5.02 Å². The Bertz CT molecular complexity index is 622. The first kappa shape index (κ1) is 13.6. The second kappa shape index (κ2) is 5.91. The molecule has 0 aliphatic heterocycles. The monoisotopic (exact) mass is 296 g/mol. The van der Waals surface area contributed by atoms with Crippen LogP contribution in [0.1, 0.15) is 23.0 Å². The standard InChI is InChI=1S/C13H10Cl2N2O2/c1-8(12-3-2-6-19-12)16-17-13(18)10-5-4-9(14)7-11(10)15/h2-7H,1H3,(H,17,18)/b16-8-. The van der Waals surface area contributed by atoms with Crippen molar-refractivity contribution in [1.29, 1.82) is 0 Å². The Morgan fingerprint density at radius 3 is 2.74 bits per heavy atom. The number of nitrogens with one attached hydrogen (secondary N) is 1. The van der Waals surface area contributed by atoms with Gasteiger partial charge in [0.15, 0.2) is 0 Å². The summed E-state index contributed by atoms with van der Waals surface area (Å²) in [7, 11) is 0. The van der Waals surface area contributed by atoms with Gasteiger partial charge in [-0.1, -0.05) is 23.2 Å². The van der Waals surface area contributed by atoms with Crippen molar-refractivity contribution in [2.45, 2.75) is 6.92 Å². The zero-order valence-electron chi connectivity index (χ0n) is 9.98. The Morgan fingerprint density at radius 1 is 1.32 bits per heavy atom. The van der Waals surface area contributed by atoms with Gasteiger partial charge < -0.3 is 4.42 Å². The van der Waals surface area contributed by atoms with Crippen molar-refractivity contribution < 1.29 is 9.21 Å². The fourth-order valence-corrected chi connectivity index (χ4v) is 1.90. The smallest absolute Gasteiger partial charge is 0.272 e. The molecule has 0 spiro atoms. The van der Waals surface area contributed by atoms with Crippen LogP contribution in [0.2, 0.25) is 10.0 Å². The van der Waals surface area contributed by atoms with Gasteiger partial charge in [0.2, 0.25) is 0 Å². The van der Waals surface area contributed by atoms with Crippen molar-refractivity contribution in [3.63, 3.8) is 0 Å². The van der Waals surface area contributed by atoms with E-state index >= 15 is 0 Å². The van der Waals surface area contributed by atoms with Gasteiger partial charge >= 0.3 is 0 Å². The van der Waals surface area contributed by atoms with Crippen LogP contribution in [-0.4, -0.2) is 11.6 Å². The molecule has 1 amide bonds. The molecule has 4 nitrogen and oxygen atoms in total. The number of hydrogen-bond donors (Lipinski definition) is 1. The molecule has 0 aliphatic carbocycles. The Hall–Kier alpha value is -1.78. The van der Waals surface area contributed by atoms with E-state index in [1.807, 2.05) is 0 Å². The van der Waals surface area contributed by atoms with Crippen molar-refractivity contribution in [3.05, 3.63) is 58.0 Å². The number of furan rings is 1. The van der Waals surface area contributed by atoms with E-state index in [1.165, 1.54) is 18.4 Å². The molecule has 0 saturated carbocycles. The molecule has 0 fully saturated rings. The molecule has 0 radical (unpaired) electrons. The van der Waals surface area contributed by atoms with Crippen LogP contribution in [0.5, 0.6) is 0 Å². The molecule has 1 N–H and O–H groups in total. The maximum absolute atomic E-state index is 11.9. The highest BCUT2D eigenvalue weighted by Crippen LogP contribution is 2.20. The lowest BCUT2D eigenvalue weighted by Crippen LogP contribution is -2.19. The van der Waals surface area contributed by atoms with Crippen molar-refractivity contribution in [3.8, 4) is 0 Å². The van der Waals surface area contributed by atoms with E-state index in [1.54, 1.807) is 25.1 Å². The fourth-order valence-electron chi connectivity index (χ4n) is 1.41. The van der Waals surface area contributed by atoms with Gasteiger partial charge in [-0.15, -0.1) is 0 Å². The van der Waals surface area contributed by atoms with E-state index in [0.717, 1.165) is 0 Å². The minimum absolute atomic E-state index is 0.274. The largest absolute Gasteiger partial charge is 0.463 e. The maximum Gasteiger partial charge on any atom is 0.272 e. The Morgan fingerprint density at radius 2 is 2.11 bits per heavy atom. The van der Waals surface area contributed by atoms with Gasteiger partial charge in [-0.05, 0) is 37.3 Å². The third kappa shape index (κ3) is 3.36. The fraction of sp³-hybridized carbons (Fsp3) is 0.0769. The van der Waals surface area contributed by atoms with Crippen LogP contribution in [0.4, 0.5) is 0 Å². The van der Waals surface area contributed by atoms with E-state index in [-0.39, 0.29) is 5.02 Å². The van der Waals surface area contributed by atoms with Crippen molar-refractivity contribution in [1.82, 2.24) is 5.43 Å². The molecule has 0 atom stereocenters. The molecular formula is C13H10Cl2N2O2. The number of halogens is 2. The molecular weight excluding hydrogens is 287 g/mol. The first-order valence-electron chi connectivity index (χ1n) is 5.41. The van der Waals surface area contributed by atoms with Crippen molar-refractivity contribution in [2.75, 3.05) is 0 Å². The van der Waals surface area contributed by atoms with Gasteiger partial charge in [-0.3, -0.25) is 4.79 Å². The molecule has 1 aromatic carbocycles. The second-order valence-corrected chi connectivity index (χ2v) is 4.58. The molecule has 0 saturated heterocycles. The topological polar surface area (TPSA) is 54.6 Å². The quantitative estimate of drug-likeness (QED) is 0.693. The van der Waals surface area contributed by atoms with Gasteiger partial charge in [0.1, 0.15) is 11.5 Å². The zero-order valence-corrected chi connectivity index (χ0v) is 11.5. The number of hydrazone groups is 1. The molecule has 2 aromatic rings. The highest BCUT2D eigenvalue weighted by molar-refractivity contribution is 6.36. The van der Waals surface area contributed by atoms with Gasteiger partial charge in [0.25, 0.3) is 5.91 Å². The van der Waals surface area contributed by atoms with Gasteiger partial charge in [0.05, 0.1) is 16.8 Å². The summed E-state index contributed by atoms with van der Waals surface area (Å²) in [5.41, 5.74) is 3.27. The maximum atomic E-state index is 11.9. The predicted molar refractivity (Wildman–Crippen MR) is 74.8 cm³/mol. The highest BCUT2D eigenvalue weighted by atomic mass is 35.5. The lowest BCUT2D eigenvalue weighted by molar-refractivity contribution is 0.0955. The number of carbonyl (C=O) groups excluding carboxylic acids is 1. The number of amides is 1. The summed E-state index contributed by atoms with van der Waals surface area (Å²) in [5, 5.41) is 4.68. The van der Waals surface area contributed by atoms with Gasteiger partial charge in [-0.25, -0.2) is 5.43 Å². The number of nitrogens with zero attached hydrogens (tertiary/aromatic N) is 1. The number of carbonyl (C=O) groups is 1. The summed E-state index contributed by atoms with van der Waals surface area (Å²) in [5.74, 6) is 0.176. The van der Waals surface area contributed by atoms with Gasteiger partial charge in [-0.2, -0.15) is 5.10 Å². The minimum Gasteiger partial charge on any atom is -0.463 e. The van der Waals surface area contributed by atoms with E-state index in [2.05, 4.69) is 10.5 Å². The molecule has 98 valence electrons. The molecule has 0 aliphatic rings. The molecule has 1 heterocycles. The first-order valence-corrected chi connectivity index (χ1v) is 6.17. The molecule has 0 unspecified atom stereocenters. The van der Waals surface area contributed by atoms with Crippen LogP contribution in [0.3, 0.4) is 0 Å². The zero-order chi connectivity index (χ0) is 13.8. The average molecular weight is 297 g/mol. The summed E-state index contributed by atoms with van der Waals surface area (Å²) < 4.78 is 5.15. The molecule has 6 heteroatoms. The van der Waals surface area contributed by atoms with Crippen molar-refractivity contribution >= 4 is 34.8 Å². The normalized spacial score (nSPS) is 11.4. The first-order chi connectivity index (χ1) is 9.08. The number of hydrogen-bond acceptors (Lipinski definition) is 3.